The second-order valence-electron chi connectivity index (χ2n) is 6.93. The Morgan fingerprint density at radius 3 is 2.25 bits per heavy atom. The van der Waals surface area contributed by atoms with Crippen molar-refractivity contribution in [2.45, 2.75) is 31.8 Å². The molecule has 146 valence electrons. The lowest BCUT2D eigenvalue weighted by Crippen LogP contribution is -2.44. The van der Waals surface area contributed by atoms with Gasteiger partial charge in [0.15, 0.2) is 0 Å². The lowest BCUT2D eigenvalue weighted by atomic mass is 9.93. The Morgan fingerprint density at radius 1 is 1.07 bits per heavy atom. The van der Waals surface area contributed by atoms with Crippen molar-refractivity contribution in [1.82, 2.24) is 10.2 Å². The molecule has 1 atom stereocenters. The van der Waals surface area contributed by atoms with E-state index in [2.05, 4.69) is 5.32 Å². The standard InChI is InChI=1S/C20H21N3O5/c1-20(12-11-14-5-9-17(28-2)10-6-14)18(24)22(19(25)21-20)13-15-3-7-16(8-4-15)23(26)27/h3-10H,11-13H2,1-2H3,(H,21,25)/t20-/m0/s1. The smallest absolute Gasteiger partial charge is 0.325 e. The molecule has 1 aliphatic rings. The highest BCUT2D eigenvalue weighted by atomic mass is 16.6. The molecule has 2 aromatic rings. The van der Waals surface area contributed by atoms with Crippen LogP contribution in [0.1, 0.15) is 24.5 Å². The minimum absolute atomic E-state index is 0.0368. The first-order chi connectivity index (χ1) is 13.3. The Morgan fingerprint density at radius 2 is 1.68 bits per heavy atom. The minimum atomic E-state index is -0.988. The van der Waals surface area contributed by atoms with Crippen LogP contribution in [-0.4, -0.2) is 34.4 Å². The predicted octanol–water partition coefficient (Wildman–Crippen LogP) is 3.05. The van der Waals surface area contributed by atoms with Gasteiger partial charge in [-0.1, -0.05) is 24.3 Å². The Labute approximate surface area is 162 Å². The fraction of sp³-hybridized carbons (Fsp3) is 0.300. The number of amides is 3. The minimum Gasteiger partial charge on any atom is -0.497 e. The molecule has 0 aliphatic carbocycles. The molecule has 3 amide bonds. The maximum Gasteiger partial charge on any atom is 0.325 e. The number of carbonyl (C=O) groups is 2. The van der Waals surface area contributed by atoms with Gasteiger partial charge in [-0.15, -0.1) is 0 Å². The molecule has 8 nitrogen and oxygen atoms in total. The average Bonchev–Trinajstić information content (AvgIpc) is 2.90. The van der Waals surface area contributed by atoms with Crippen molar-refractivity contribution in [3.63, 3.8) is 0 Å². The maximum absolute atomic E-state index is 12.9. The number of hydrogen-bond acceptors (Lipinski definition) is 5. The van der Waals surface area contributed by atoms with Crippen LogP contribution in [0.5, 0.6) is 5.75 Å². The van der Waals surface area contributed by atoms with Gasteiger partial charge >= 0.3 is 6.03 Å². The number of non-ortho nitro benzene ring substituents is 1. The molecule has 0 aromatic heterocycles. The lowest BCUT2D eigenvalue weighted by Gasteiger charge is -2.21. The summed E-state index contributed by atoms with van der Waals surface area (Å²) in [5, 5.41) is 13.5. The number of rotatable bonds is 7. The number of benzene rings is 2. The molecule has 1 heterocycles. The van der Waals surface area contributed by atoms with Gasteiger partial charge in [0.05, 0.1) is 18.6 Å². The molecule has 1 N–H and O–H groups in total. The first kappa shape index (κ1) is 19.3. The molecule has 1 saturated heterocycles. The van der Waals surface area contributed by atoms with Crippen LogP contribution in [0.15, 0.2) is 48.5 Å². The number of imide groups is 1. The van der Waals surface area contributed by atoms with E-state index in [1.54, 1.807) is 26.2 Å². The summed E-state index contributed by atoms with van der Waals surface area (Å²) in [5.41, 5.74) is 0.661. The van der Waals surface area contributed by atoms with Gasteiger partial charge in [-0.25, -0.2) is 4.79 Å². The summed E-state index contributed by atoms with van der Waals surface area (Å²) in [6.45, 7) is 1.79. The molecule has 0 unspecified atom stereocenters. The van der Waals surface area contributed by atoms with Gasteiger partial charge in [0.2, 0.25) is 0 Å². The molecule has 0 saturated carbocycles. The molecule has 1 fully saturated rings. The van der Waals surface area contributed by atoms with Crippen LogP contribution < -0.4 is 10.1 Å². The van der Waals surface area contributed by atoms with Crippen LogP contribution in [0.25, 0.3) is 0 Å². The van der Waals surface area contributed by atoms with Gasteiger partial charge in [-0.3, -0.25) is 19.8 Å². The number of hydrogen-bond donors (Lipinski definition) is 1. The summed E-state index contributed by atoms with van der Waals surface area (Å²) in [4.78, 5) is 36.6. The molecule has 0 spiro atoms. The van der Waals surface area contributed by atoms with Crippen LogP contribution >= 0.6 is 0 Å². The average molecular weight is 383 g/mol. The fourth-order valence-electron chi connectivity index (χ4n) is 3.15. The summed E-state index contributed by atoms with van der Waals surface area (Å²) >= 11 is 0. The number of methoxy groups -OCH3 is 1. The highest BCUT2D eigenvalue weighted by molar-refractivity contribution is 6.06. The third kappa shape index (κ3) is 3.95. The largest absolute Gasteiger partial charge is 0.497 e. The number of nitrogens with one attached hydrogen (secondary N) is 1. The topological polar surface area (TPSA) is 102 Å². The summed E-state index contributed by atoms with van der Waals surface area (Å²) in [7, 11) is 1.60. The quantitative estimate of drug-likeness (QED) is 0.450. The molecule has 28 heavy (non-hydrogen) atoms. The maximum atomic E-state index is 12.9. The summed E-state index contributed by atoms with van der Waals surface area (Å²) in [5.74, 6) is 0.457. The van der Waals surface area contributed by atoms with E-state index in [0.29, 0.717) is 18.4 Å². The summed E-state index contributed by atoms with van der Waals surface area (Å²) in [6.07, 6.45) is 1.08. The van der Waals surface area contributed by atoms with Gasteiger partial charge in [-0.05, 0) is 43.0 Å². The molecular formula is C20H21N3O5. The number of aryl methyl sites for hydroxylation is 1. The molecule has 1 aliphatic heterocycles. The van der Waals surface area contributed by atoms with Crippen molar-refractivity contribution in [2.24, 2.45) is 0 Å². The second-order valence-corrected chi connectivity index (χ2v) is 6.93. The number of nitrogens with zero attached hydrogens (tertiary/aromatic N) is 2. The van der Waals surface area contributed by atoms with E-state index in [-0.39, 0.29) is 18.1 Å². The zero-order valence-electron chi connectivity index (χ0n) is 15.7. The first-order valence-electron chi connectivity index (χ1n) is 8.83. The third-order valence-electron chi connectivity index (χ3n) is 4.91. The first-order valence-corrected chi connectivity index (χ1v) is 8.83. The van der Waals surface area contributed by atoms with E-state index in [1.165, 1.54) is 12.1 Å². The Balaban J connectivity index is 1.66. The third-order valence-corrected chi connectivity index (χ3v) is 4.91. The fourth-order valence-corrected chi connectivity index (χ4v) is 3.15. The van der Waals surface area contributed by atoms with Crippen LogP contribution in [0, 0.1) is 10.1 Å². The number of ether oxygens (including phenoxy) is 1. The molecular weight excluding hydrogens is 362 g/mol. The van der Waals surface area contributed by atoms with Crippen molar-refractivity contribution in [2.75, 3.05) is 7.11 Å². The van der Waals surface area contributed by atoms with Crippen molar-refractivity contribution < 1.29 is 19.2 Å². The van der Waals surface area contributed by atoms with Gasteiger partial charge in [0, 0.05) is 12.1 Å². The highest BCUT2D eigenvalue weighted by Crippen LogP contribution is 2.26. The molecule has 3 rings (SSSR count). The SMILES string of the molecule is COc1ccc(CC[C@]2(C)NC(=O)N(Cc3ccc([N+](=O)[O-])cc3)C2=O)cc1. The van der Waals surface area contributed by atoms with Gasteiger partial charge in [0.1, 0.15) is 11.3 Å². The van der Waals surface area contributed by atoms with Crippen molar-refractivity contribution in [3.8, 4) is 5.75 Å². The Bertz CT molecular complexity index is 895. The molecule has 2 aromatic carbocycles. The normalized spacial score (nSPS) is 18.9. The molecule has 0 bridgehead atoms. The van der Waals surface area contributed by atoms with Gasteiger partial charge < -0.3 is 10.1 Å². The van der Waals surface area contributed by atoms with E-state index in [1.807, 2.05) is 24.3 Å². The van der Waals surface area contributed by atoms with Crippen molar-refractivity contribution in [1.29, 1.82) is 0 Å². The number of nitro groups is 1. The second kappa shape index (κ2) is 7.67. The van der Waals surface area contributed by atoms with Gasteiger partial charge in [0.25, 0.3) is 11.6 Å². The number of nitro benzene ring substituents is 1. The zero-order valence-corrected chi connectivity index (χ0v) is 15.7. The zero-order chi connectivity index (χ0) is 20.3. The number of urea groups is 1. The van der Waals surface area contributed by atoms with Gasteiger partial charge in [-0.2, -0.15) is 0 Å². The van der Waals surface area contributed by atoms with Crippen LogP contribution in [0.3, 0.4) is 0 Å². The monoisotopic (exact) mass is 383 g/mol. The van der Waals surface area contributed by atoms with Crippen LogP contribution in [-0.2, 0) is 17.8 Å². The summed E-state index contributed by atoms with van der Waals surface area (Å²) in [6, 6.07) is 12.9. The highest BCUT2D eigenvalue weighted by Gasteiger charge is 2.47. The Kier molecular flexibility index (Phi) is 5.30. The van der Waals surface area contributed by atoms with Crippen LogP contribution in [0.4, 0.5) is 10.5 Å². The van der Waals surface area contributed by atoms with E-state index in [4.69, 9.17) is 4.74 Å². The van der Waals surface area contributed by atoms with Crippen LogP contribution in [0.2, 0.25) is 0 Å². The Hall–Kier alpha value is -3.42. The van der Waals surface area contributed by atoms with Crippen molar-refractivity contribution in [3.05, 3.63) is 69.8 Å². The molecule has 8 heteroatoms. The van der Waals surface area contributed by atoms with E-state index < -0.39 is 16.5 Å². The van der Waals surface area contributed by atoms with E-state index in [0.717, 1.165) is 16.2 Å². The molecule has 0 radical (unpaired) electrons. The van der Waals surface area contributed by atoms with Crippen molar-refractivity contribution >= 4 is 17.6 Å². The van der Waals surface area contributed by atoms with E-state index >= 15 is 0 Å². The summed E-state index contributed by atoms with van der Waals surface area (Å²) < 4.78 is 5.13. The lowest BCUT2D eigenvalue weighted by molar-refractivity contribution is -0.384. The van der Waals surface area contributed by atoms with E-state index in [9.17, 15) is 19.7 Å². The predicted molar refractivity (Wildman–Crippen MR) is 102 cm³/mol. The number of carbonyl (C=O) groups excluding carboxylic acids is 2.